The molecule has 1 aromatic carbocycles. The van der Waals surface area contributed by atoms with Crippen molar-refractivity contribution >= 4 is 5.65 Å². The van der Waals surface area contributed by atoms with Gasteiger partial charge in [-0.25, -0.2) is 4.98 Å². The molecule has 23 heavy (non-hydrogen) atoms. The maximum Gasteiger partial charge on any atom is 0.180 e. The Bertz CT molecular complexity index is 803. The van der Waals surface area contributed by atoms with Crippen molar-refractivity contribution in [2.45, 2.75) is 27.3 Å². The zero-order valence-corrected chi connectivity index (χ0v) is 13.9. The highest BCUT2D eigenvalue weighted by Crippen LogP contribution is 2.29. The molecule has 0 aliphatic rings. The molecule has 0 unspecified atom stereocenters. The molecule has 2 heterocycles. The lowest BCUT2D eigenvalue weighted by molar-refractivity contribution is 0.272. The van der Waals surface area contributed by atoms with Gasteiger partial charge in [-0.2, -0.15) is 0 Å². The number of imidazole rings is 1. The Hall–Kier alpha value is -2.33. The zero-order chi connectivity index (χ0) is 16.4. The van der Waals surface area contributed by atoms with Gasteiger partial charge in [0.15, 0.2) is 11.4 Å². The van der Waals surface area contributed by atoms with Crippen molar-refractivity contribution in [2.75, 3.05) is 6.61 Å². The van der Waals surface area contributed by atoms with Crippen LogP contribution in [0.25, 0.3) is 16.9 Å². The molecule has 4 nitrogen and oxygen atoms in total. The van der Waals surface area contributed by atoms with Gasteiger partial charge in [0.05, 0.1) is 18.0 Å². The van der Waals surface area contributed by atoms with Crippen LogP contribution in [0.3, 0.4) is 0 Å². The molecule has 3 aromatic rings. The fourth-order valence-corrected chi connectivity index (χ4v) is 2.60. The van der Waals surface area contributed by atoms with E-state index in [-0.39, 0.29) is 0 Å². The average molecular weight is 309 g/mol. The average Bonchev–Trinajstić information content (AvgIpc) is 2.92. The van der Waals surface area contributed by atoms with E-state index in [1.54, 1.807) is 0 Å². The normalized spacial score (nSPS) is 11.3. The van der Waals surface area contributed by atoms with Crippen molar-refractivity contribution < 1.29 is 4.74 Å². The third-order valence-corrected chi connectivity index (χ3v) is 3.80. The molecule has 0 fully saturated rings. The summed E-state index contributed by atoms with van der Waals surface area (Å²) in [4.78, 5) is 4.82. The summed E-state index contributed by atoms with van der Waals surface area (Å²) in [5.41, 5.74) is 11.1. The molecule has 120 valence electrons. The predicted octanol–water partition coefficient (Wildman–Crippen LogP) is 3.80. The smallest absolute Gasteiger partial charge is 0.180 e. The second-order valence-electron chi connectivity index (χ2n) is 6.25. The first-order valence-electron chi connectivity index (χ1n) is 8.00. The van der Waals surface area contributed by atoms with Gasteiger partial charge in [0, 0.05) is 18.3 Å². The monoisotopic (exact) mass is 309 g/mol. The van der Waals surface area contributed by atoms with Crippen molar-refractivity contribution in [2.24, 2.45) is 11.7 Å². The van der Waals surface area contributed by atoms with E-state index in [2.05, 4.69) is 45.0 Å². The largest absolute Gasteiger partial charge is 0.489 e. The van der Waals surface area contributed by atoms with Gasteiger partial charge in [-0.3, -0.25) is 4.40 Å². The van der Waals surface area contributed by atoms with E-state index in [0.717, 1.165) is 28.3 Å². The van der Waals surface area contributed by atoms with E-state index in [9.17, 15) is 0 Å². The summed E-state index contributed by atoms with van der Waals surface area (Å²) in [7, 11) is 0. The van der Waals surface area contributed by atoms with Crippen molar-refractivity contribution in [3.8, 4) is 17.0 Å². The summed E-state index contributed by atoms with van der Waals surface area (Å²) in [5, 5.41) is 0. The summed E-state index contributed by atoms with van der Waals surface area (Å²) in [6.45, 7) is 7.45. The summed E-state index contributed by atoms with van der Waals surface area (Å²) >= 11 is 0. The second-order valence-corrected chi connectivity index (χ2v) is 6.25. The predicted molar refractivity (Wildman–Crippen MR) is 93.6 cm³/mol. The van der Waals surface area contributed by atoms with E-state index in [1.807, 2.05) is 22.7 Å². The molecular formula is C19H23N3O. The molecule has 0 saturated carbocycles. The quantitative estimate of drug-likeness (QED) is 0.780. The fourth-order valence-electron chi connectivity index (χ4n) is 2.60. The lowest BCUT2D eigenvalue weighted by Crippen LogP contribution is -2.06. The summed E-state index contributed by atoms with van der Waals surface area (Å²) < 4.78 is 7.96. The highest BCUT2D eigenvalue weighted by molar-refractivity contribution is 5.69. The van der Waals surface area contributed by atoms with Crippen LogP contribution in [-0.4, -0.2) is 16.0 Å². The highest BCUT2D eigenvalue weighted by atomic mass is 16.5. The number of pyridine rings is 1. The zero-order valence-electron chi connectivity index (χ0n) is 13.9. The summed E-state index contributed by atoms with van der Waals surface area (Å²) in [6.07, 6.45) is 1.99. The van der Waals surface area contributed by atoms with Gasteiger partial charge in [-0.05, 0) is 25.0 Å². The van der Waals surface area contributed by atoms with Crippen LogP contribution in [-0.2, 0) is 6.54 Å². The Balaban J connectivity index is 2.12. The molecular weight excluding hydrogens is 286 g/mol. The number of nitrogens with zero attached hydrogens (tertiary/aromatic N) is 2. The number of aromatic nitrogens is 2. The summed E-state index contributed by atoms with van der Waals surface area (Å²) in [6, 6.07) is 12.3. The SMILES string of the molecule is Cc1ccc(-c2nc3c(OCC(C)C)cccn3c2CN)cc1. The van der Waals surface area contributed by atoms with Gasteiger partial charge in [-0.1, -0.05) is 43.7 Å². The minimum atomic E-state index is 0.429. The third kappa shape index (κ3) is 3.08. The van der Waals surface area contributed by atoms with Crippen molar-refractivity contribution in [1.29, 1.82) is 0 Å². The molecule has 0 spiro atoms. The van der Waals surface area contributed by atoms with Crippen LogP contribution in [0.1, 0.15) is 25.1 Å². The molecule has 0 radical (unpaired) electrons. The van der Waals surface area contributed by atoms with E-state index in [4.69, 9.17) is 15.5 Å². The van der Waals surface area contributed by atoms with Crippen molar-refractivity contribution in [3.05, 3.63) is 53.9 Å². The van der Waals surface area contributed by atoms with Crippen LogP contribution in [0.5, 0.6) is 5.75 Å². The Morgan fingerprint density at radius 3 is 2.57 bits per heavy atom. The number of hydrogen-bond donors (Lipinski definition) is 1. The van der Waals surface area contributed by atoms with E-state index >= 15 is 0 Å². The maximum absolute atomic E-state index is 6.00. The van der Waals surface area contributed by atoms with Gasteiger partial charge in [-0.15, -0.1) is 0 Å². The molecule has 0 saturated heterocycles. The number of nitrogens with two attached hydrogens (primary N) is 1. The molecule has 0 amide bonds. The van der Waals surface area contributed by atoms with Gasteiger partial charge >= 0.3 is 0 Å². The molecule has 2 aromatic heterocycles. The molecule has 0 aliphatic heterocycles. The number of fused-ring (bicyclic) bond motifs is 1. The lowest BCUT2D eigenvalue weighted by atomic mass is 10.1. The highest BCUT2D eigenvalue weighted by Gasteiger charge is 2.15. The maximum atomic E-state index is 6.00. The van der Waals surface area contributed by atoms with Crippen LogP contribution in [0.2, 0.25) is 0 Å². The Morgan fingerprint density at radius 2 is 1.91 bits per heavy atom. The fraction of sp³-hybridized carbons (Fsp3) is 0.316. The van der Waals surface area contributed by atoms with Crippen LogP contribution in [0.15, 0.2) is 42.6 Å². The van der Waals surface area contributed by atoms with Gasteiger partial charge < -0.3 is 10.5 Å². The third-order valence-electron chi connectivity index (χ3n) is 3.80. The van der Waals surface area contributed by atoms with Crippen LogP contribution >= 0.6 is 0 Å². The molecule has 0 bridgehead atoms. The number of rotatable bonds is 5. The first-order valence-corrected chi connectivity index (χ1v) is 8.00. The van der Waals surface area contributed by atoms with E-state index in [0.29, 0.717) is 19.1 Å². The molecule has 0 atom stereocenters. The Kier molecular flexibility index (Phi) is 4.35. The number of benzene rings is 1. The molecule has 4 heteroatoms. The topological polar surface area (TPSA) is 52.5 Å². The van der Waals surface area contributed by atoms with Crippen molar-refractivity contribution in [3.63, 3.8) is 0 Å². The van der Waals surface area contributed by atoms with Crippen molar-refractivity contribution in [1.82, 2.24) is 9.38 Å². The number of ether oxygens (including phenoxy) is 1. The first-order chi connectivity index (χ1) is 11.1. The van der Waals surface area contributed by atoms with E-state index < -0.39 is 0 Å². The Labute approximate surface area is 136 Å². The van der Waals surface area contributed by atoms with Gasteiger partial charge in [0.2, 0.25) is 0 Å². The second kappa shape index (κ2) is 6.42. The molecule has 3 rings (SSSR count). The van der Waals surface area contributed by atoms with Crippen LogP contribution in [0.4, 0.5) is 0 Å². The molecule has 2 N–H and O–H groups in total. The lowest BCUT2D eigenvalue weighted by Gasteiger charge is -2.09. The first kappa shape index (κ1) is 15.6. The standard InChI is InChI=1S/C19H23N3O/c1-13(2)12-23-17-5-4-10-22-16(11-20)18(21-19(17)22)15-8-6-14(3)7-9-15/h4-10,13H,11-12,20H2,1-3H3. The van der Waals surface area contributed by atoms with Gasteiger partial charge in [0.1, 0.15) is 0 Å². The summed E-state index contributed by atoms with van der Waals surface area (Å²) in [5.74, 6) is 1.27. The Morgan fingerprint density at radius 1 is 1.17 bits per heavy atom. The van der Waals surface area contributed by atoms with Gasteiger partial charge in [0.25, 0.3) is 0 Å². The minimum Gasteiger partial charge on any atom is -0.489 e. The number of hydrogen-bond acceptors (Lipinski definition) is 3. The number of aryl methyl sites for hydroxylation is 1. The minimum absolute atomic E-state index is 0.429. The van der Waals surface area contributed by atoms with Crippen LogP contribution < -0.4 is 10.5 Å². The molecule has 0 aliphatic carbocycles. The van der Waals surface area contributed by atoms with E-state index in [1.165, 1.54) is 5.56 Å². The van der Waals surface area contributed by atoms with Crippen LogP contribution in [0, 0.1) is 12.8 Å².